The van der Waals surface area contributed by atoms with E-state index < -0.39 is 0 Å². The Morgan fingerprint density at radius 1 is 1.00 bits per heavy atom. The number of anilines is 1. The number of imidazole rings is 1. The van der Waals surface area contributed by atoms with Gasteiger partial charge in [-0.1, -0.05) is 12.1 Å². The van der Waals surface area contributed by atoms with Crippen molar-refractivity contribution in [1.82, 2.24) is 24.1 Å². The van der Waals surface area contributed by atoms with Crippen molar-refractivity contribution in [3.05, 3.63) is 47.1 Å². The summed E-state index contributed by atoms with van der Waals surface area (Å²) in [5.74, 6) is 0. The lowest BCUT2D eigenvalue weighted by Crippen LogP contribution is -2.41. The van der Waals surface area contributed by atoms with Gasteiger partial charge in [-0.05, 0) is 37.8 Å². The average molecular weight is 362 g/mol. The third-order valence-corrected chi connectivity index (χ3v) is 5.54. The molecule has 136 valence electrons. The Hall–Kier alpha value is -3.16. The summed E-state index contributed by atoms with van der Waals surface area (Å²) < 4.78 is 9.38. The van der Waals surface area contributed by atoms with E-state index in [0.29, 0.717) is 17.3 Å². The van der Waals surface area contributed by atoms with Gasteiger partial charge in [0.2, 0.25) is 0 Å². The fourth-order valence-electron chi connectivity index (χ4n) is 3.98. The van der Waals surface area contributed by atoms with Crippen LogP contribution < -0.4 is 11.0 Å². The van der Waals surface area contributed by atoms with Gasteiger partial charge in [-0.25, -0.2) is 14.8 Å². The van der Waals surface area contributed by atoms with Gasteiger partial charge in [0.25, 0.3) is 6.01 Å². The Balaban J connectivity index is 1.26. The normalized spacial score (nSPS) is 22.2. The van der Waals surface area contributed by atoms with Crippen molar-refractivity contribution in [2.24, 2.45) is 0 Å². The molecule has 8 heteroatoms. The SMILES string of the molecule is O=c1n(C2CC2)c2nccnc2n1C1CC(Nc2nc3ccccc3o2)C1. The molecular formula is C19H18N6O2. The van der Waals surface area contributed by atoms with Gasteiger partial charge in [0, 0.05) is 30.5 Å². The number of hydrogen-bond donors (Lipinski definition) is 1. The molecule has 0 unspecified atom stereocenters. The second-order valence-electron chi connectivity index (χ2n) is 7.41. The van der Waals surface area contributed by atoms with Crippen molar-refractivity contribution >= 4 is 28.4 Å². The average Bonchev–Trinajstić information content (AvgIpc) is 3.32. The number of nitrogens with zero attached hydrogens (tertiary/aromatic N) is 5. The van der Waals surface area contributed by atoms with Crippen LogP contribution in [0.4, 0.5) is 6.01 Å². The van der Waals surface area contributed by atoms with E-state index in [1.807, 2.05) is 33.4 Å². The first-order valence-electron chi connectivity index (χ1n) is 9.33. The van der Waals surface area contributed by atoms with Gasteiger partial charge >= 0.3 is 5.69 Å². The van der Waals surface area contributed by atoms with E-state index >= 15 is 0 Å². The number of fused-ring (bicyclic) bond motifs is 2. The van der Waals surface area contributed by atoms with E-state index in [-0.39, 0.29) is 23.8 Å². The minimum absolute atomic E-state index is 0.0176. The summed E-state index contributed by atoms with van der Waals surface area (Å²) in [4.78, 5) is 26.3. The summed E-state index contributed by atoms with van der Waals surface area (Å²) in [5.41, 5.74) is 3.04. The highest BCUT2D eigenvalue weighted by Gasteiger charge is 2.37. The Morgan fingerprint density at radius 3 is 2.41 bits per heavy atom. The van der Waals surface area contributed by atoms with E-state index in [2.05, 4.69) is 20.3 Å². The number of nitrogens with one attached hydrogen (secondary N) is 1. The molecular weight excluding hydrogens is 344 g/mol. The summed E-state index contributed by atoms with van der Waals surface area (Å²) in [7, 11) is 0. The van der Waals surface area contributed by atoms with Crippen molar-refractivity contribution < 1.29 is 4.42 Å². The van der Waals surface area contributed by atoms with Crippen LogP contribution in [0.2, 0.25) is 0 Å². The van der Waals surface area contributed by atoms with Gasteiger partial charge in [-0.3, -0.25) is 9.13 Å². The van der Waals surface area contributed by atoms with Crippen LogP contribution in [0.3, 0.4) is 0 Å². The van der Waals surface area contributed by atoms with Crippen molar-refractivity contribution in [1.29, 1.82) is 0 Å². The zero-order chi connectivity index (χ0) is 18.0. The number of benzene rings is 1. The van der Waals surface area contributed by atoms with Crippen molar-refractivity contribution in [2.75, 3.05) is 5.32 Å². The summed E-state index contributed by atoms with van der Waals surface area (Å²) in [6.45, 7) is 0. The number of rotatable bonds is 4. The fraction of sp³-hybridized carbons (Fsp3) is 0.368. The van der Waals surface area contributed by atoms with Crippen LogP contribution in [0.15, 0.2) is 45.9 Å². The summed E-state index contributed by atoms with van der Waals surface area (Å²) in [5, 5.41) is 3.34. The maximum absolute atomic E-state index is 13.0. The number of oxazole rings is 1. The quantitative estimate of drug-likeness (QED) is 0.600. The molecule has 6 rings (SSSR count). The third-order valence-electron chi connectivity index (χ3n) is 5.54. The van der Waals surface area contributed by atoms with E-state index in [1.165, 1.54) is 0 Å². The van der Waals surface area contributed by atoms with Crippen molar-refractivity contribution in [2.45, 2.75) is 43.8 Å². The lowest BCUT2D eigenvalue weighted by atomic mass is 9.86. The van der Waals surface area contributed by atoms with Gasteiger partial charge in [-0.15, -0.1) is 0 Å². The van der Waals surface area contributed by atoms with Crippen LogP contribution in [0.1, 0.15) is 37.8 Å². The maximum atomic E-state index is 13.0. The molecule has 4 aromatic rings. The fourth-order valence-corrected chi connectivity index (χ4v) is 3.98. The minimum atomic E-state index is 0.0176. The molecule has 2 aliphatic rings. The molecule has 0 aliphatic heterocycles. The van der Waals surface area contributed by atoms with Gasteiger partial charge in [0.1, 0.15) is 5.52 Å². The molecule has 0 saturated heterocycles. The van der Waals surface area contributed by atoms with Crippen LogP contribution in [0, 0.1) is 0 Å². The van der Waals surface area contributed by atoms with Gasteiger partial charge < -0.3 is 9.73 Å². The lowest BCUT2D eigenvalue weighted by Gasteiger charge is -2.35. The highest BCUT2D eigenvalue weighted by Crippen LogP contribution is 2.39. The first kappa shape index (κ1) is 15.0. The first-order valence-corrected chi connectivity index (χ1v) is 9.33. The molecule has 3 aromatic heterocycles. The summed E-state index contributed by atoms with van der Waals surface area (Å²) in [6.07, 6.45) is 7.06. The Labute approximate surface area is 153 Å². The molecule has 0 radical (unpaired) electrons. The van der Waals surface area contributed by atoms with Crippen LogP contribution in [-0.2, 0) is 0 Å². The molecule has 8 nitrogen and oxygen atoms in total. The predicted molar refractivity (Wildman–Crippen MR) is 99.7 cm³/mol. The molecule has 0 amide bonds. The predicted octanol–water partition coefficient (Wildman–Crippen LogP) is 2.88. The number of hydrogen-bond acceptors (Lipinski definition) is 6. The number of para-hydroxylation sites is 2. The first-order chi connectivity index (χ1) is 13.3. The molecule has 1 N–H and O–H groups in total. The van der Waals surface area contributed by atoms with Gasteiger partial charge in [0.05, 0.1) is 0 Å². The zero-order valence-electron chi connectivity index (χ0n) is 14.6. The van der Waals surface area contributed by atoms with Crippen molar-refractivity contribution in [3.63, 3.8) is 0 Å². The molecule has 0 atom stereocenters. The smallest absolute Gasteiger partial charge is 0.332 e. The topological polar surface area (TPSA) is 90.8 Å². The van der Waals surface area contributed by atoms with E-state index in [0.717, 1.165) is 36.8 Å². The lowest BCUT2D eigenvalue weighted by molar-refractivity contribution is 0.276. The Bertz CT molecular complexity index is 1180. The Kier molecular flexibility index (Phi) is 3.00. The largest absolute Gasteiger partial charge is 0.424 e. The standard InChI is InChI=1S/C19H18N6O2/c26-19-24(12-5-6-12)16-17(21-8-7-20-16)25(19)13-9-11(10-13)22-18-23-14-3-1-2-4-15(14)27-18/h1-4,7-8,11-13H,5-6,9-10H2,(H,22,23). The molecule has 1 aromatic carbocycles. The van der Waals surface area contributed by atoms with Crippen LogP contribution >= 0.6 is 0 Å². The monoisotopic (exact) mass is 362 g/mol. The molecule has 2 aliphatic carbocycles. The molecule has 0 spiro atoms. The summed E-state index contributed by atoms with van der Waals surface area (Å²) in [6, 6.07) is 8.88. The highest BCUT2D eigenvalue weighted by molar-refractivity contribution is 5.74. The summed E-state index contributed by atoms with van der Waals surface area (Å²) >= 11 is 0. The third kappa shape index (κ3) is 2.29. The van der Waals surface area contributed by atoms with Crippen LogP contribution in [0.25, 0.3) is 22.4 Å². The Morgan fingerprint density at radius 2 is 1.70 bits per heavy atom. The maximum Gasteiger partial charge on any atom is 0.332 e. The van der Waals surface area contributed by atoms with Crippen molar-refractivity contribution in [3.8, 4) is 0 Å². The van der Waals surface area contributed by atoms with Gasteiger partial charge in [0.15, 0.2) is 16.9 Å². The zero-order valence-corrected chi connectivity index (χ0v) is 14.6. The highest BCUT2D eigenvalue weighted by atomic mass is 16.4. The number of aromatic nitrogens is 5. The molecule has 3 heterocycles. The van der Waals surface area contributed by atoms with Gasteiger partial charge in [-0.2, -0.15) is 4.98 Å². The van der Waals surface area contributed by atoms with E-state index in [4.69, 9.17) is 4.42 Å². The van der Waals surface area contributed by atoms with E-state index in [9.17, 15) is 4.79 Å². The molecule has 2 fully saturated rings. The van der Waals surface area contributed by atoms with Crippen LogP contribution in [0.5, 0.6) is 0 Å². The van der Waals surface area contributed by atoms with Crippen LogP contribution in [-0.4, -0.2) is 30.1 Å². The molecule has 27 heavy (non-hydrogen) atoms. The molecule has 0 bridgehead atoms. The second kappa shape index (κ2) is 5.42. The van der Waals surface area contributed by atoms with E-state index in [1.54, 1.807) is 12.4 Å². The molecule has 2 saturated carbocycles. The minimum Gasteiger partial charge on any atom is -0.424 e. The second-order valence-corrected chi connectivity index (χ2v) is 7.41.